The van der Waals surface area contributed by atoms with Crippen LogP contribution in [-0.4, -0.2) is 11.1 Å². The number of carbonyl (C=O) groups excluding carboxylic acids is 1. The fourth-order valence-corrected chi connectivity index (χ4v) is 2.71. The number of alkyl halides is 3. The summed E-state index contributed by atoms with van der Waals surface area (Å²) in [5.41, 5.74) is -0.443. The SMILES string of the molecule is O=C(NCc1cc(-c2cccs2)on1)c1cccc(C(F)(F)F)c1. The van der Waals surface area contributed by atoms with Crippen LogP contribution in [-0.2, 0) is 12.7 Å². The lowest BCUT2D eigenvalue weighted by Gasteiger charge is -2.08. The molecule has 0 radical (unpaired) electrons. The van der Waals surface area contributed by atoms with Gasteiger partial charge in [-0.25, -0.2) is 0 Å². The van der Waals surface area contributed by atoms with Crippen LogP contribution in [0.5, 0.6) is 0 Å². The van der Waals surface area contributed by atoms with E-state index in [1.165, 1.54) is 23.5 Å². The molecule has 0 aliphatic rings. The number of rotatable bonds is 4. The standard InChI is InChI=1S/C16H11F3N2O2S/c17-16(18,19)11-4-1-3-10(7-11)15(22)20-9-12-8-13(23-21-12)14-5-2-6-24-14/h1-8H,9H2,(H,20,22). The summed E-state index contributed by atoms with van der Waals surface area (Å²) in [5.74, 6) is -0.0323. The number of carbonyl (C=O) groups is 1. The monoisotopic (exact) mass is 352 g/mol. The molecule has 3 rings (SSSR count). The second kappa shape index (κ2) is 6.48. The minimum atomic E-state index is -4.49. The Labute approximate surface area is 138 Å². The number of benzene rings is 1. The van der Waals surface area contributed by atoms with Gasteiger partial charge < -0.3 is 9.84 Å². The van der Waals surface area contributed by atoms with Crippen molar-refractivity contribution in [3.63, 3.8) is 0 Å². The molecule has 0 saturated carbocycles. The fourth-order valence-electron chi connectivity index (χ4n) is 2.04. The lowest BCUT2D eigenvalue weighted by atomic mass is 10.1. The second-order valence-corrected chi connectivity index (χ2v) is 5.87. The highest BCUT2D eigenvalue weighted by molar-refractivity contribution is 7.13. The summed E-state index contributed by atoms with van der Waals surface area (Å²) in [7, 11) is 0. The number of hydrogen-bond donors (Lipinski definition) is 1. The third kappa shape index (κ3) is 3.65. The topological polar surface area (TPSA) is 55.1 Å². The van der Waals surface area contributed by atoms with Crippen LogP contribution >= 0.6 is 11.3 Å². The quantitative estimate of drug-likeness (QED) is 0.759. The molecule has 0 fully saturated rings. The van der Waals surface area contributed by atoms with Crippen LogP contribution in [0.2, 0.25) is 0 Å². The lowest BCUT2D eigenvalue weighted by molar-refractivity contribution is -0.137. The number of amides is 1. The third-order valence-corrected chi connectivity index (χ3v) is 4.09. The second-order valence-electron chi connectivity index (χ2n) is 4.92. The molecule has 4 nitrogen and oxygen atoms in total. The van der Waals surface area contributed by atoms with Crippen LogP contribution in [0.15, 0.2) is 52.4 Å². The average molecular weight is 352 g/mol. The van der Waals surface area contributed by atoms with Crippen molar-refractivity contribution in [1.29, 1.82) is 0 Å². The van der Waals surface area contributed by atoms with E-state index in [1.54, 1.807) is 6.07 Å². The Morgan fingerprint density at radius 1 is 1.21 bits per heavy atom. The highest BCUT2D eigenvalue weighted by Crippen LogP contribution is 2.29. The van der Waals surface area contributed by atoms with E-state index in [-0.39, 0.29) is 12.1 Å². The molecule has 0 bridgehead atoms. The van der Waals surface area contributed by atoms with E-state index in [9.17, 15) is 18.0 Å². The Hall–Kier alpha value is -2.61. The molecule has 0 saturated heterocycles. The number of halogens is 3. The van der Waals surface area contributed by atoms with Crippen molar-refractivity contribution in [2.75, 3.05) is 0 Å². The Kier molecular flexibility index (Phi) is 4.39. The Morgan fingerprint density at radius 2 is 2.04 bits per heavy atom. The molecule has 1 amide bonds. The zero-order chi connectivity index (χ0) is 17.2. The molecule has 8 heteroatoms. The number of nitrogens with zero attached hydrogens (tertiary/aromatic N) is 1. The summed E-state index contributed by atoms with van der Waals surface area (Å²) >= 11 is 1.49. The number of hydrogen-bond acceptors (Lipinski definition) is 4. The molecule has 0 spiro atoms. The summed E-state index contributed by atoms with van der Waals surface area (Å²) in [6.45, 7) is 0.0595. The highest BCUT2D eigenvalue weighted by Gasteiger charge is 2.30. The van der Waals surface area contributed by atoms with Gasteiger partial charge in [0.15, 0.2) is 5.76 Å². The van der Waals surface area contributed by atoms with Gasteiger partial charge in [-0.3, -0.25) is 4.79 Å². The van der Waals surface area contributed by atoms with Gasteiger partial charge in [0, 0.05) is 11.6 Å². The van der Waals surface area contributed by atoms with Crippen LogP contribution in [0, 0.1) is 0 Å². The number of aromatic nitrogens is 1. The van der Waals surface area contributed by atoms with E-state index in [0.29, 0.717) is 11.5 Å². The Balaban J connectivity index is 1.66. The van der Waals surface area contributed by atoms with Crippen molar-refractivity contribution < 1.29 is 22.5 Å². The molecule has 0 atom stereocenters. The molecular formula is C16H11F3N2O2S. The summed E-state index contributed by atoms with van der Waals surface area (Å²) < 4.78 is 43.2. The van der Waals surface area contributed by atoms with Crippen molar-refractivity contribution in [3.05, 3.63) is 64.7 Å². The fraction of sp³-hybridized carbons (Fsp3) is 0.125. The smallest absolute Gasteiger partial charge is 0.355 e. The predicted octanol–water partition coefficient (Wildman–Crippen LogP) is 4.35. The normalized spacial score (nSPS) is 11.5. The maximum atomic E-state index is 12.7. The van der Waals surface area contributed by atoms with Gasteiger partial charge in [0.1, 0.15) is 5.69 Å². The molecule has 3 aromatic rings. The van der Waals surface area contributed by atoms with Crippen LogP contribution in [0.25, 0.3) is 10.6 Å². The molecule has 0 unspecified atom stereocenters. The van der Waals surface area contributed by atoms with Gasteiger partial charge in [-0.2, -0.15) is 13.2 Å². The first-order chi connectivity index (χ1) is 11.4. The maximum Gasteiger partial charge on any atom is 0.416 e. The first kappa shape index (κ1) is 16.3. The van der Waals surface area contributed by atoms with Gasteiger partial charge >= 0.3 is 6.18 Å². The molecular weight excluding hydrogens is 341 g/mol. The van der Waals surface area contributed by atoms with Gasteiger partial charge in [-0.1, -0.05) is 17.3 Å². The molecule has 24 heavy (non-hydrogen) atoms. The van der Waals surface area contributed by atoms with Crippen molar-refractivity contribution in [1.82, 2.24) is 10.5 Å². The van der Waals surface area contributed by atoms with Gasteiger partial charge in [0.2, 0.25) is 0 Å². The lowest BCUT2D eigenvalue weighted by Crippen LogP contribution is -2.23. The van der Waals surface area contributed by atoms with Gasteiger partial charge in [0.05, 0.1) is 17.0 Å². The average Bonchev–Trinajstić information content (AvgIpc) is 3.23. The number of nitrogens with one attached hydrogen (secondary N) is 1. The maximum absolute atomic E-state index is 12.7. The molecule has 0 aliphatic carbocycles. The predicted molar refractivity (Wildman–Crippen MR) is 82.4 cm³/mol. The zero-order valence-corrected chi connectivity index (χ0v) is 12.9. The van der Waals surface area contributed by atoms with E-state index in [0.717, 1.165) is 17.0 Å². The van der Waals surface area contributed by atoms with Crippen LogP contribution in [0.4, 0.5) is 13.2 Å². The third-order valence-electron chi connectivity index (χ3n) is 3.21. The summed E-state index contributed by atoms with van der Waals surface area (Å²) in [6.07, 6.45) is -4.49. The van der Waals surface area contributed by atoms with E-state index in [1.807, 2.05) is 17.5 Å². The molecule has 2 heterocycles. The van der Waals surface area contributed by atoms with Gasteiger partial charge in [-0.05, 0) is 29.6 Å². The minimum absolute atomic E-state index is 0.0595. The van der Waals surface area contributed by atoms with Crippen LogP contribution in [0.1, 0.15) is 21.6 Å². The van der Waals surface area contributed by atoms with Crippen molar-refractivity contribution in [2.24, 2.45) is 0 Å². The van der Waals surface area contributed by atoms with Crippen LogP contribution in [0.3, 0.4) is 0 Å². The van der Waals surface area contributed by atoms with Gasteiger partial charge in [0.25, 0.3) is 5.91 Å². The largest absolute Gasteiger partial charge is 0.416 e. The minimum Gasteiger partial charge on any atom is -0.355 e. The summed E-state index contributed by atoms with van der Waals surface area (Å²) in [6, 6.07) is 9.68. The molecule has 124 valence electrons. The first-order valence-corrected chi connectivity index (χ1v) is 7.76. The van der Waals surface area contributed by atoms with E-state index >= 15 is 0 Å². The van der Waals surface area contributed by atoms with Crippen molar-refractivity contribution in [2.45, 2.75) is 12.7 Å². The highest BCUT2D eigenvalue weighted by atomic mass is 32.1. The Bertz CT molecular complexity index is 841. The zero-order valence-electron chi connectivity index (χ0n) is 12.1. The first-order valence-electron chi connectivity index (χ1n) is 6.88. The van der Waals surface area contributed by atoms with Crippen molar-refractivity contribution in [3.8, 4) is 10.6 Å². The molecule has 0 aliphatic heterocycles. The molecule has 2 aromatic heterocycles. The Morgan fingerprint density at radius 3 is 2.75 bits per heavy atom. The van der Waals surface area contributed by atoms with Crippen LogP contribution < -0.4 is 5.32 Å². The van der Waals surface area contributed by atoms with E-state index in [4.69, 9.17) is 4.52 Å². The van der Waals surface area contributed by atoms with E-state index in [2.05, 4.69) is 10.5 Å². The molecule has 1 aromatic carbocycles. The van der Waals surface area contributed by atoms with E-state index < -0.39 is 17.6 Å². The summed E-state index contributed by atoms with van der Waals surface area (Å²) in [5, 5.41) is 8.25. The molecule has 1 N–H and O–H groups in total. The number of thiophene rings is 1. The van der Waals surface area contributed by atoms with Gasteiger partial charge in [-0.15, -0.1) is 11.3 Å². The van der Waals surface area contributed by atoms with Crippen molar-refractivity contribution >= 4 is 17.2 Å². The summed E-state index contributed by atoms with van der Waals surface area (Å²) in [4.78, 5) is 12.9.